The summed E-state index contributed by atoms with van der Waals surface area (Å²) in [6.45, 7) is 9.23. The van der Waals surface area contributed by atoms with Crippen LogP contribution in [0, 0.1) is 20.8 Å². The molecule has 1 aromatic carbocycles. The largest absolute Gasteiger partial charge is 0.378 e. The zero-order valence-corrected chi connectivity index (χ0v) is 15.5. The van der Waals surface area contributed by atoms with Crippen LogP contribution in [0.4, 0.5) is 16.4 Å². The van der Waals surface area contributed by atoms with Crippen LogP contribution in [0.2, 0.25) is 0 Å². The van der Waals surface area contributed by atoms with Gasteiger partial charge in [0.25, 0.3) is 0 Å². The van der Waals surface area contributed by atoms with E-state index in [4.69, 9.17) is 4.74 Å². The summed E-state index contributed by atoms with van der Waals surface area (Å²) in [6, 6.07) is 7.49. The van der Waals surface area contributed by atoms with E-state index in [1.807, 2.05) is 45.0 Å². The summed E-state index contributed by atoms with van der Waals surface area (Å²) < 4.78 is 5.37. The third kappa shape index (κ3) is 4.49. The van der Waals surface area contributed by atoms with Crippen LogP contribution in [0.5, 0.6) is 0 Å². The topological polar surface area (TPSA) is 79.4 Å². The second-order valence-corrected chi connectivity index (χ2v) is 6.46. The average molecular weight is 355 g/mol. The highest BCUT2D eigenvalue weighted by Crippen LogP contribution is 2.18. The number of anilines is 2. The van der Waals surface area contributed by atoms with Crippen molar-refractivity contribution in [1.82, 2.24) is 15.3 Å². The molecule has 1 fully saturated rings. The SMILES string of the molecule is Cc1cc(CNC(=O)Nc2cccc(C)c2C)nc(N2CCOCC2)n1. The number of urea groups is 1. The molecule has 0 radical (unpaired) electrons. The van der Waals surface area contributed by atoms with E-state index < -0.39 is 0 Å². The molecule has 0 aliphatic carbocycles. The van der Waals surface area contributed by atoms with E-state index in [9.17, 15) is 4.79 Å². The lowest BCUT2D eigenvalue weighted by Gasteiger charge is -2.27. The fourth-order valence-electron chi connectivity index (χ4n) is 2.84. The maximum atomic E-state index is 12.2. The Labute approximate surface area is 153 Å². The summed E-state index contributed by atoms with van der Waals surface area (Å²) >= 11 is 0. The monoisotopic (exact) mass is 355 g/mol. The number of carbonyl (C=O) groups excluding carboxylic acids is 1. The fourth-order valence-corrected chi connectivity index (χ4v) is 2.84. The Morgan fingerprint density at radius 1 is 1.19 bits per heavy atom. The lowest BCUT2D eigenvalue weighted by molar-refractivity contribution is 0.122. The van der Waals surface area contributed by atoms with Crippen LogP contribution in [0.25, 0.3) is 0 Å². The molecule has 2 amide bonds. The number of nitrogens with one attached hydrogen (secondary N) is 2. The Kier molecular flexibility index (Phi) is 5.68. The van der Waals surface area contributed by atoms with Crippen LogP contribution in [0.15, 0.2) is 24.3 Å². The van der Waals surface area contributed by atoms with Gasteiger partial charge in [-0.25, -0.2) is 14.8 Å². The highest BCUT2D eigenvalue weighted by atomic mass is 16.5. The van der Waals surface area contributed by atoms with Crippen LogP contribution in [0.3, 0.4) is 0 Å². The van der Waals surface area contributed by atoms with Crippen molar-refractivity contribution in [2.45, 2.75) is 27.3 Å². The molecule has 0 atom stereocenters. The molecule has 2 N–H and O–H groups in total. The molecular formula is C19H25N5O2. The van der Waals surface area contributed by atoms with Crippen molar-refractivity contribution in [3.05, 3.63) is 46.8 Å². The molecule has 0 spiro atoms. The quantitative estimate of drug-likeness (QED) is 0.881. The van der Waals surface area contributed by atoms with Gasteiger partial charge in [-0.3, -0.25) is 0 Å². The molecule has 2 heterocycles. The van der Waals surface area contributed by atoms with Crippen molar-refractivity contribution in [2.24, 2.45) is 0 Å². The van der Waals surface area contributed by atoms with E-state index in [0.29, 0.717) is 25.7 Å². The number of nitrogens with zero attached hydrogens (tertiary/aromatic N) is 3. The third-order valence-corrected chi connectivity index (χ3v) is 4.47. The standard InChI is InChI=1S/C19H25N5O2/c1-13-5-4-6-17(15(13)3)23-19(25)20-12-16-11-14(2)21-18(22-16)24-7-9-26-10-8-24/h4-6,11H,7-10,12H2,1-3H3,(H2,20,23,25). The molecule has 7 nitrogen and oxygen atoms in total. The summed E-state index contributed by atoms with van der Waals surface area (Å²) in [5.74, 6) is 0.694. The second-order valence-electron chi connectivity index (χ2n) is 6.46. The van der Waals surface area contributed by atoms with Gasteiger partial charge in [0.05, 0.1) is 25.5 Å². The smallest absolute Gasteiger partial charge is 0.319 e. The summed E-state index contributed by atoms with van der Waals surface area (Å²) in [4.78, 5) is 23.4. The summed E-state index contributed by atoms with van der Waals surface area (Å²) in [6.07, 6.45) is 0. The van der Waals surface area contributed by atoms with Gasteiger partial charge in [0.2, 0.25) is 5.95 Å². The molecule has 138 valence electrons. The number of amides is 2. The third-order valence-electron chi connectivity index (χ3n) is 4.47. The summed E-state index contributed by atoms with van der Waals surface area (Å²) in [5.41, 5.74) is 4.69. The molecule has 1 saturated heterocycles. The van der Waals surface area contributed by atoms with E-state index in [-0.39, 0.29) is 6.03 Å². The van der Waals surface area contributed by atoms with Crippen molar-refractivity contribution in [2.75, 3.05) is 36.5 Å². The van der Waals surface area contributed by atoms with Crippen LogP contribution >= 0.6 is 0 Å². The minimum atomic E-state index is -0.247. The second kappa shape index (κ2) is 8.14. The summed E-state index contributed by atoms with van der Waals surface area (Å²) in [5, 5.41) is 5.76. The van der Waals surface area contributed by atoms with Crippen LogP contribution < -0.4 is 15.5 Å². The van der Waals surface area contributed by atoms with Gasteiger partial charge in [-0.05, 0) is 44.0 Å². The molecular weight excluding hydrogens is 330 g/mol. The van der Waals surface area contributed by atoms with Gasteiger partial charge in [0.15, 0.2) is 0 Å². The van der Waals surface area contributed by atoms with Crippen LogP contribution in [0.1, 0.15) is 22.5 Å². The molecule has 0 saturated carbocycles. The van der Waals surface area contributed by atoms with E-state index in [2.05, 4.69) is 25.5 Å². The molecule has 1 aromatic heterocycles. The van der Waals surface area contributed by atoms with E-state index in [1.54, 1.807) is 0 Å². The number of aryl methyl sites for hydroxylation is 2. The van der Waals surface area contributed by atoms with E-state index in [0.717, 1.165) is 41.3 Å². The molecule has 0 unspecified atom stereocenters. The molecule has 3 rings (SSSR count). The number of aromatic nitrogens is 2. The Bertz CT molecular complexity index is 787. The lowest BCUT2D eigenvalue weighted by atomic mass is 10.1. The number of benzene rings is 1. The van der Waals surface area contributed by atoms with E-state index >= 15 is 0 Å². The Morgan fingerprint density at radius 2 is 1.96 bits per heavy atom. The average Bonchev–Trinajstić information content (AvgIpc) is 2.64. The van der Waals surface area contributed by atoms with Gasteiger partial charge in [-0.15, -0.1) is 0 Å². The van der Waals surface area contributed by atoms with Crippen molar-refractivity contribution in [3.8, 4) is 0 Å². The first kappa shape index (κ1) is 18.1. The number of rotatable bonds is 4. The maximum Gasteiger partial charge on any atom is 0.319 e. The Balaban J connectivity index is 1.62. The first-order valence-electron chi connectivity index (χ1n) is 8.81. The highest BCUT2D eigenvalue weighted by Gasteiger charge is 2.15. The minimum Gasteiger partial charge on any atom is -0.378 e. The zero-order valence-electron chi connectivity index (χ0n) is 15.5. The number of hydrogen-bond donors (Lipinski definition) is 2. The zero-order chi connectivity index (χ0) is 18.5. The predicted octanol–water partition coefficient (Wildman–Crippen LogP) is 2.56. The first-order chi connectivity index (χ1) is 12.5. The Morgan fingerprint density at radius 3 is 2.73 bits per heavy atom. The molecule has 7 heteroatoms. The van der Waals surface area contributed by atoms with Crippen LogP contribution in [-0.2, 0) is 11.3 Å². The molecule has 26 heavy (non-hydrogen) atoms. The van der Waals surface area contributed by atoms with Gasteiger partial charge < -0.3 is 20.3 Å². The summed E-state index contributed by atoms with van der Waals surface area (Å²) in [7, 11) is 0. The minimum absolute atomic E-state index is 0.247. The molecule has 2 aromatic rings. The highest BCUT2D eigenvalue weighted by molar-refractivity contribution is 5.90. The van der Waals surface area contributed by atoms with Crippen molar-refractivity contribution in [3.63, 3.8) is 0 Å². The van der Waals surface area contributed by atoms with Gasteiger partial charge >= 0.3 is 6.03 Å². The van der Waals surface area contributed by atoms with Gasteiger partial charge in [0, 0.05) is 24.5 Å². The maximum absolute atomic E-state index is 12.2. The van der Waals surface area contributed by atoms with Crippen molar-refractivity contribution < 1.29 is 9.53 Å². The number of ether oxygens (including phenoxy) is 1. The molecule has 0 bridgehead atoms. The Hall–Kier alpha value is -2.67. The number of morpholine rings is 1. The van der Waals surface area contributed by atoms with Crippen molar-refractivity contribution in [1.29, 1.82) is 0 Å². The van der Waals surface area contributed by atoms with Crippen molar-refractivity contribution >= 4 is 17.7 Å². The predicted molar refractivity (Wildman–Crippen MR) is 102 cm³/mol. The molecule has 1 aliphatic heterocycles. The lowest BCUT2D eigenvalue weighted by Crippen LogP contribution is -2.37. The normalized spacial score (nSPS) is 14.2. The van der Waals surface area contributed by atoms with Gasteiger partial charge in [-0.2, -0.15) is 0 Å². The first-order valence-corrected chi connectivity index (χ1v) is 8.81. The van der Waals surface area contributed by atoms with E-state index in [1.165, 1.54) is 0 Å². The number of carbonyl (C=O) groups is 1. The van der Waals surface area contributed by atoms with Crippen LogP contribution in [-0.4, -0.2) is 42.3 Å². The van der Waals surface area contributed by atoms with Gasteiger partial charge in [-0.1, -0.05) is 12.1 Å². The number of hydrogen-bond acceptors (Lipinski definition) is 5. The van der Waals surface area contributed by atoms with Gasteiger partial charge in [0.1, 0.15) is 0 Å². The molecule has 1 aliphatic rings. The fraction of sp³-hybridized carbons (Fsp3) is 0.421.